The van der Waals surface area contributed by atoms with Crippen molar-refractivity contribution < 1.29 is 0 Å². The fourth-order valence-corrected chi connectivity index (χ4v) is 1.88. The van der Waals surface area contributed by atoms with Crippen LogP contribution in [-0.4, -0.2) is 13.1 Å². The van der Waals surface area contributed by atoms with Gasteiger partial charge in [0.25, 0.3) is 0 Å². The molecule has 0 amide bonds. The summed E-state index contributed by atoms with van der Waals surface area (Å²) in [5.74, 6) is 0. The van der Waals surface area contributed by atoms with E-state index in [-0.39, 0.29) is 0 Å². The van der Waals surface area contributed by atoms with Gasteiger partial charge in [0.2, 0.25) is 0 Å². The third kappa shape index (κ3) is 4.45. The van der Waals surface area contributed by atoms with Crippen LogP contribution in [0.5, 0.6) is 0 Å². The first-order chi connectivity index (χ1) is 7.26. The second kappa shape index (κ2) is 6.59. The average molecular weight is 206 g/mol. The van der Waals surface area contributed by atoms with Crippen LogP contribution in [-0.2, 0) is 12.8 Å². The van der Waals surface area contributed by atoms with Crippen molar-refractivity contribution in [2.75, 3.05) is 13.1 Å². The lowest BCUT2D eigenvalue weighted by Gasteiger charge is -2.06. The summed E-state index contributed by atoms with van der Waals surface area (Å²) in [4.78, 5) is 0. The molecule has 15 heavy (non-hydrogen) atoms. The molecule has 0 fully saturated rings. The zero-order chi connectivity index (χ0) is 11.1. The van der Waals surface area contributed by atoms with Gasteiger partial charge in [0.05, 0.1) is 0 Å². The van der Waals surface area contributed by atoms with Crippen molar-refractivity contribution in [1.29, 1.82) is 0 Å². The standard InChI is InChI=1S/C13H22N2/c1-11-8-12(4-2-3-6-14)10-13(9-11)5-7-15/h8-10H,2-7,14-15H2,1H3. The van der Waals surface area contributed by atoms with Crippen LogP contribution in [0.3, 0.4) is 0 Å². The SMILES string of the molecule is Cc1cc(CCN)cc(CCCCN)c1. The molecule has 4 N–H and O–H groups in total. The van der Waals surface area contributed by atoms with Gasteiger partial charge in [-0.25, -0.2) is 0 Å². The zero-order valence-corrected chi connectivity index (χ0v) is 9.63. The first kappa shape index (κ1) is 12.2. The van der Waals surface area contributed by atoms with Gasteiger partial charge in [-0.1, -0.05) is 23.8 Å². The maximum Gasteiger partial charge on any atom is -0.00367 e. The molecule has 1 aromatic rings. The van der Waals surface area contributed by atoms with Crippen molar-refractivity contribution >= 4 is 0 Å². The molecule has 0 atom stereocenters. The summed E-state index contributed by atoms with van der Waals surface area (Å²) >= 11 is 0. The number of benzene rings is 1. The molecule has 1 rings (SSSR count). The molecule has 1 aromatic carbocycles. The second-order valence-electron chi connectivity index (χ2n) is 4.11. The third-order valence-electron chi connectivity index (χ3n) is 2.55. The van der Waals surface area contributed by atoms with E-state index < -0.39 is 0 Å². The Morgan fingerprint density at radius 1 is 0.867 bits per heavy atom. The number of hydrogen-bond donors (Lipinski definition) is 2. The molecule has 0 unspecified atom stereocenters. The third-order valence-corrected chi connectivity index (χ3v) is 2.55. The Morgan fingerprint density at radius 3 is 2.13 bits per heavy atom. The van der Waals surface area contributed by atoms with Gasteiger partial charge in [-0.2, -0.15) is 0 Å². The number of nitrogens with two attached hydrogens (primary N) is 2. The van der Waals surface area contributed by atoms with Gasteiger partial charge in [-0.3, -0.25) is 0 Å². The van der Waals surface area contributed by atoms with Crippen LogP contribution in [0.2, 0.25) is 0 Å². The van der Waals surface area contributed by atoms with Crippen molar-refractivity contribution in [3.8, 4) is 0 Å². The Morgan fingerprint density at radius 2 is 1.53 bits per heavy atom. The minimum absolute atomic E-state index is 0.728. The summed E-state index contributed by atoms with van der Waals surface area (Å²) in [5.41, 5.74) is 15.2. The highest BCUT2D eigenvalue weighted by atomic mass is 14.5. The summed E-state index contributed by atoms with van der Waals surface area (Å²) in [7, 11) is 0. The van der Waals surface area contributed by atoms with E-state index in [0.717, 1.165) is 32.4 Å². The zero-order valence-electron chi connectivity index (χ0n) is 9.63. The van der Waals surface area contributed by atoms with E-state index in [0.29, 0.717) is 0 Å². The molecule has 0 aliphatic rings. The van der Waals surface area contributed by atoms with Gasteiger partial charge >= 0.3 is 0 Å². The summed E-state index contributed by atoms with van der Waals surface area (Å²) in [6, 6.07) is 6.76. The Hall–Kier alpha value is -0.860. The van der Waals surface area contributed by atoms with Crippen molar-refractivity contribution in [1.82, 2.24) is 0 Å². The minimum Gasteiger partial charge on any atom is -0.330 e. The lowest BCUT2D eigenvalue weighted by Crippen LogP contribution is -2.04. The van der Waals surface area contributed by atoms with Crippen LogP contribution < -0.4 is 11.5 Å². The van der Waals surface area contributed by atoms with Crippen LogP contribution in [0.15, 0.2) is 18.2 Å². The molecule has 0 aliphatic carbocycles. The predicted molar refractivity (Wildman–Crippen MR) is 65.9 cm³/mol. The van der Waals surface area contributed by atoms with Gasteiger partial charge < -0.3 is 11.5 Å². The van der Waals surface area contributed by atoms with E-state index in [9.17, 15) is 0 Å². The Labute approximate surface area is 92.7 Å². The maximum atomic E-state index is 5.57. The molecule has 0 saturated carbocycles. The van der Waals surface area contributed by atoms with Crippen LogP contribution >= 0.6 is 0 Å². The van der Waals surface area contributed by atoms with Crippen molar-refractivity contribution in [2.45, 2.75) is 32.6 Å². The highest BCUT2D eigenvalue weighted by Gasteiger charge is 1.98. The Balaban J connectivity index is 2.62. The Kier molecular flexibility index (Phi) is 5.37. The van der Waals surface area contributed by atoms with E-state index in [1.807, 2.05) is 0 Å². The lowest BCUT2D eigenvalue weighted by molar-refractivity contribution is 0.743. The van der Waals surface area contributed by atoms with Crippen LogP contribution in [0.4, 0.5) is 0 Å². The fraction of sp³-hybridized carbons (Fsp3) is 0.538. The molecule has 0 heterocycles. The monoisotopic (exact) mass is 206 g/mol. The molecule has 2 nitrogen and oxygen atoms in total. The van der Waals surface area contributed by atoms with E-state index in [4.69, 9.17) is 11.5 Å². The van der Waals surface area contributed by atoms with Gasteiger partial charge in [-0.05, 0) is 56.8 Å². The number of aryl methyl sites for hydroxylation is 2. The smallest absolute Gasteiger partial charge is 0.00367 e. The molecule has 0 spiro atoms. The quantitative estimate of drug-likeness (QED) is 0.697. The number of rotatable bonds is 6. The molecule has 2 heteroatoms. The summed E-state index contributed by atoms with van der Waals surface area (Å²) in [6.45, 7) is 3.67. The first-order valence-electron chi connectivity index (χ1n) is 5.76. The predicted octanol–water partition coefficient (Wildman–Crippen LogP) is 1.78. The van der Waals surface area contributed by atoms with Crippen molar-refractivity contribution in [2.24, 2.45) is 11.5 Å². The average Bonchev–Trinajstić information content (AvgIpc) is 2.18. The highest BCUT2D eigenvalue weighted by molar-refractivity contribution is 5.29. The molecule has 0 bridgehead atoms. The van der Waals surface area contributed by atoms with E-state index in [1.165, 1.54) is 23.1 Å². The van der Waals surface area contributed by atoms with Crippen LogP contribution in [0, 0.1) is 6.92 Å². The summed E-state index contributed by atoms with van der Waals surface area (Å²) in [5, 5.41) is 0. The van der Waals surface area contributed by atoms with Gasteiger partial charge in [0.1, 0.15) is 0 Å². The van der Waals surface area contributed by atoms with Crippen LogP contribution in [0.25, 0.3) is 0 Å². The largest absolute Gasteiger partial charge is 0.330 e. The second-order valence-corrected chi connectivity index (χ2v) is 4.11. The van der Waals surface area contributed by atoms with Gasteiger partial charge in [0.15, 0.2) is 0 Å². The molecular weight excluding hydrogens is 184 g/mol. The molecule has 0 aromatic heterocycles. The molecule has 0 radical (unpaired) electrons. The maximum absolute atomic E-state index is 5.57. The van der Waals surface area contributed by atoms with Gasteiger partial charge in [-0.15, -0.1) is 0 Å². The molecule has 0 saturated heterocycles. The molecular formula is C13H22N2. The summed E-state index contributed by atoms with van der Waals surface area (Å²) < 4.78 is 0. The fourth-order valence-electron chi connectivity index (χ4n) is 1.88. The number of hydrogen-bond acceptors (Lipinski definition) is 2. The normalized spacial score (nSPS) is 10.6. The van der Waals surface area contributed by atoms with Crippen LogP contribution in [0.1, 0.15) is 29.5 Å². The lowest BCUT2D eigenvalue weighted by atomic mass is 10.0. The van der Waals surface area contributed by atoms with E-state index in [1.54, 1.807) is 0 Å². The Bertz CT molecular complexity index is 295. The molecule has 0 aliphatic heterocycles. The van der Waals surface area contributed by atoms with Crippen molar-refractivity contribution in [3.05, 3.63) is 34.9 Å². The number of unbranched alkanes of at least 4 members (excludes halogenated alkanes) is 1. The topological polar surface area (TPSA) is 52.0 Å². The van der Waals surface area contributed by atoms with Crippen molar-refractivity contribution in [3.63, 3.8) is 0 Å². The highest BCUT2D eigenvalue weighted by Crippen LogP contribution is 2.12. The van der Waals surface area contributed by atoms with E-state index in [2.05, 4.69) is 25.1 Å². The minimum atomic E-state index is 0.728. The first-order valence-corrected chi connectivity index (χ1v) is 5.76. The summed E-state index contributed by atoms with van der Waals surface area (Å²) in [6.07, 6.45) is 4.41. The van der Waals surface area contributed by atoms with Gasteiger partial charge in [0, 0.05) is 0 Å². The molecule has 84 valence electrons. The van der Waals surface area contributed by atoms with E-state index >= 15 is 0 Å².